The minimum atomic E-state index is -3.71. The Hall–Kier alpha value is -2.89. The smallest absolute Gasteiger partial charge is 0.234 e. The second kappa shape index (κ2) is 9.94. The van der Waals surface area contributed by atoms with Crippen LogP contribution in [0.5, 0.6) is 0 Å². The van der Waals surface area contributed by atoms with Crippen LogP contribution in [0.4, 0.5) is 0 Å². The standard InChI is InChI=1S/C20H26N6O4S/c21-20(22)16-8-7-14(10-23-16)11-24-19(28)12-26-9-3-6-18(26)25-31(29,30)13-15-4-1-2-5-17(15)27/h1-2,4,7-8,10,18,25H,3,5-6,9,11-13H2,(H3,21,22)(H,24,28). The molecule has 1 fully saturated rings. The first-order chi connectivity index (χ1) is 14.7. The van der Waals surface area contributed by atoms with E-state index in [1.54, 1.807) is 35.4 Å². The summed E-state index contributed by atoms with van der Waals surface area (Å²) in [5, 5.41) is 10.1. The maximum Gasteiger partial charge on any atom is 0.234 e. The van der Waals surface area contributed by atoms with Crippen LogP contribution < -0.4 is 15.8 Å². The van der Waals surface area contributed by atoms with Gasteiger partial charge in [-0.3, -0.25) is 24.9 Å². The lowest BCUT2D eigenvalue weighted by atomic mass is 10.1. The number of nitrogens with zero attached hydrogens (tertiary/aromatic N) is 2. The maximum absolute atomic E-state index is 12.5. The Morgan fingerprint density at radius 2 is 2.16 bits per heavy atom. The molecular weight excluding hydrogens is 420 g/mol. The first-order valence-electron chi connectivity index (χ1n) is 9.92. The van der Waals surface area contributed by atoms with Crippen molar-refractivity contribution in [2.45, 2.75) is 32.0 Å². The normalized spacial score (nSPS) is 19.3. The molecular formula is C20H26N6O4S. The Morgan fingerprint density at radius 3 is 2.84 bits per heavy atom. The molecule has 0 spiro atoms. The number of sulfonamides is 1. The summed E-state index contributed by atoms with van der Waals surface area (Å²) in [4.78, 5) is 30.0. The molecule has 3 rings (SSSR count). The van der Waals surface area contributed by atoms with E-state index in [-0.39, 0.29) is 48.4 Å². The highest BCUT2D eigenvalue weighted by atomic mass is 32.2. The fourth-order valence-electron chi connectivity index (χ4n) is 3.44. The zero-order chi connectivity index (χ0) is 22.4. The lowest BCUT2D eigenvalue weighted by molar-refractivity contribution is -0.122. The molecule has 31 heavy (non-hydrogen) atoms. The number of nitrogens with two attached hydrogens (primary N) is 1. The Morgan fingerprint density at radius 1 is 1.35 bits per heavy atom. The molecule has 2 heterocycles. The van der Waals surface area contributed by atoms with Gasteiger partial charge >= 0.3 is 0 Å². The molecule has 11 heteroatoms. The summed E-state index contributed by atoms with van der Waals surface area (Å²) in [6.07, 6.45) is 7.53. The SMILES string of the molecule is N=C(N)c1ccc(CNC(=O)CN2CCCC2NS(=O)(=O)CC2=CC=CCC2=O)cn1. The minimum absolute atomic E-state index is 0.0521. The van der Waals surface area contributed by atoms with Gasteiger partial charge in [-0.25, -0.2) is 8.42 Å². The van der Waals surface area contributed by atoms with Crippen molar-refractivity contribution in [1.29, 1.82) is 5.41 Å². The fraction of sp³-hybridized carbons (Fsp3) is 0.400. The van der Waals surface area contributed by atoms with Crippen molar-refractivity contribution in [3.8, 4) is 0 Å². The van der Waals surface area contributed by atoms with Gasteiger partial charge in [0.25, 0.3) is 0 Å². The number of amidine groups is 1. The van der Waals surface area contributed by atoms with Gasteiger partial charge in [0, 0.05) is 31.3 Å². The fourth-order valence-corrected chi connectivity index (χ4v) is 4.88. The number of likely N-dealkylation sites (tertiary alicyclic amines) is 1. The third kappa shape index (κ3) is 6.54. The summed E-state index contributed by atoms with van der Waals surface area (Å²) in [5.41, 5.74) is 6.76. The molecule has 1 amide bonds. The van der Waals surface area contributed by atoms with Crippen molar-refractivity contribution in [3.05, 3.63) is 53.4 Å². The number of aromatic nitrogens is 1. The van der Waals surface area contributed by atoms with Crippen LogP contribution >= 0.6 is 0 Å². The Kier molecular flexibility index (Phi) is 7.31. The summed E-state index contributed by atoms with van der Waals surface area (Å²) >= 11 is 0. The van der Waals surface area contributed by atoms with Crippen LogP contribution in [0.15, 0.2) is 42.1 Å². The summed E-state index contributed by atoms with van der Waals surface area (Å²) in [7, 11) is -3.71. The molecule has 1 atom stereocenters. The lowest BCUT2D eigenvalue weighted by Gasteiger charge is -2.25. The second-order valence-corrected chi connectivity index (χ2v) is 9.25. The van der Waals surface area contributed by atoms with E-state index in [0.29, 0.717) is 18.7 Å². The number of pyridine rings is 1. The number of amides is 1. The number of carbonyl (C=O) groups is 2. The van der Waals surface area contributed by atoms with Gasteiger partial charge in [0.15, 0.2) is 5.78 Å². The molecule has 1 saturated heterocycles. The van der Waals surface area contributed by atoms with E-state index < -0.39 is 16.2 Å². The van der Waals surface area contributed by atoms with Gasteiger partial charge in [-0.2, -0.15) is 4.72 Å². The molecule has 2 aliphatic rings. The summed E-state index contributed by atoms with van der Waals surface area (Å²) in [6, 6.07) is 3.34. The molecule has 0 radical (unpaired) electrons. The maximum atomic E-state index is 12.5. The van der Waals surface area contributed by atoms with E-state index in [0.717, 1.165) is 12.0 Å². The summed E-state index contributed by atoms with van der Waals surface area (Å²) in [6.45, 7) is 0.911. The Balaban J connectivity index is 1.51. The molecule has 1 aliphatic heterocycles. The molecule has 0 bridgehead atoms. The van der Waals surface area contributed by atoms with Crippen LogP contribution in [0.1, 0.15) is 30.5 Å². The van der Waals surface area contributed by atoms with E-state index in [1.165, 1.54) is 6.08 Å². The van der Waals surface area contributed by atoms with Gasteiger partial charge in [-0.15, -0.1) is 0 Å². The number of hydrogen-bond acceptors (Lipinski definition) is 7. The van der Waals surface area contributed by atoms with Gasteiger partial charge in [-0.05, 0) is 24.5 Å². The first-order valence-corrected chi connectivity index (χ1v) is 11.6. The van der Waals surface area contributed by atoms with Crippen LogP contribution in [-0.2, 0) is 26.2 Å². The third-order valence-electron chi connectivity index (χ3n) is 5.06. The van der Waals surface area contributed by atoms with E-state index in [2.05, 4.69) is 15.0 Å². The van der Waals surface area contributed by atoms with Crippen LogP contribution in [-0.4, -0.2) is 60.8 Å². The molecule has 10 nitrogen and oxygen atoms in total. The van der Waals surface area contributed by atoms with Crippen LogP contribution in [0, 0.1) is 5.41 Å². The topological polar surface area (TPSA) is 158 Å². The highest BCUT2D eigenvalue weighted by molar-refractivity contribution is 7.89. The van der Waals surface area contributed by atoms with E-state index in [9.17, 15) is 18.0 Å². The Labute approximate surface area is 181 Å². The summed E-state index contributed by atoms with van der Waals surface area (Å²) < 4.78 is 27.7. The van der Waals surface area contributed by atoms with E-state index in [4.69, 9.17) is 11.1 Å². The monoisotopic (exact) mass is 446 g/mol. The molecule has 0 saturated carbocycles. The average Bonchev–Trinajstić information content (AvgIpc) is 3.14. The highest BCUT2D eigenvalue weighted by Crippen LogP contribution is 2.17. The van der Waals surface area contributed by atoms with Crippen molar-refractivity contribution in [3.63, 3.8) is 0 Å². The number of nitrogens with one attached hydrogen (secondary N) is 3. The molecule has 1 unspecified atom stereocenters. The quantitative estimate of drug-likeness (QED) is 0.301. The Bertz CT molecular complexity index is 1020. The predicted octanol–water partition coefficient (Wildman–Crippen LogP) is -0.221. The van der Waals surface area contributed by atoms with Crippen LogP contribution in [0.25, 0.3) is 0 Å². The number of allylic oxidation sites excluding steroid dienone is 3. The van der Waals surface area contributed by atoms with Crippen molar-refractivity contribution < 1.29 is 18.0 Å². The predicted molar refractivity (Wildman–Crippen MR) is 115 cm³/mol. The van der Waals surface area contributed by atoms with Crippen LogP contribution in [0.3, 0.4) is 0 Å². The van der Waals surface area contributed by atoms with Crippen molar-refractivity contribution in [1.82, 2.24) is 19.9 Å². The molecule has 1 aliphatic carbocycles. The molecule has 0 aromatic carbocycles. The van der Waals surface area contributed by atoms with Gasteiger partial charge < -0.3 is 11.1 Å². The third-order valence-corrected chi connectivity index (χ3v) is 6.38. The van der Waals surface area contributed by atoms with Gasteiger partial charge in [0.2, 0.25) is 15.9 Å². The van der Waals surface area contributed by atoms with E-state index in [1.807, 2.05) is 0 Å². The molecule has 1 aromatic rings. The number of Topliss-reactive ketones (excluding diaryl/α,β-unsaturated/α-hetero) is 1. The zero-order valence-electron chi connectivity index (χ0n) is 17.0. The number of ketones is 1. The van der Waals surface area contributed by atoms with Crippen molar-refractivity contribution >= 4 is 27.5 Å². The lowest BCUT2D eigenvalue weighted by Crippen LogP contribution is -2.48. The number of rotatable bonds is 9. The number of nitrogen functional groups attached to an aromatic ring is 1. The number of carbonyl (C=O) groups excluding carboxylic acids is 2. The van der Waals surface area contributed by atoms with E-state index >= 15 is 0 Å². The van der Waals surface area contributed by atoms with Gasteiger partial charge in [0.05, 0.1) is 18.5 Å². The van der Waals surface area contributed by atoms with Gasteiger partial charge in [-0.1, -0.05) is 24.3 Å². The summed E-state index contributed by atoms with van der Waals surface area (Å²) in [5.74, 6) is -0.923. The molecule has 1 aromatic heterocycles. The first kappa shape index (κ1) is 22.8. The largest absolute Gasteiger partial charge is 0.382 e. The second-order valence-electron chi connectivity index (χ2n) is 7.49. The molecule has 166 valence electrons. The van der Waals surface area contributed by atoms with Crippen LogP contribution in [0.2, 0.25) is 0 Å². The average molecular weight is 447 g/mol. The number of hydrogen-bond donors (Lipinski definition) is 4. The van der Waals surface area contributed by atoms with Crippen molar-refractivity contribution in [2.24, 2.45) is 5.73 Å². The minimum Gasteiger partial charge on any atom is -0.382 e. The van der Waals surface area contributed by atoms with Gasteiger partial charge in [0.1, 0.15) is 11.5 Å². The van der Waals surface area contributed by atoms with Crippen molar-refractivity contribution in [2.75, 3.05) is 18.8 Å². The highest BCUT2D eigenvalue weighted by Gasteiger charge is 2.30. The molecule has 5 N–H and O–H groups in total. The zero-order valence-corrected chi connectivity index (χ0v) is 17.8.